The highest BCUT2D eigenvalue weighted by atomic mass is 31.2. The third kappa shape index (κ3) is 8.96. The van der Waals surface area contributed by atoms with E-state index >= 15 is 0 Å². The minimum Gasteiger partial charge on any atom is -0.472 e. The summed E-state index contributed by atoms with van der Waals surface area (Å²) in [5.74, 6) is -1.17. The van der Waals surface area contributed by atoms with Crippen LogP contribution in [-0.2, 0) is 18.8 Å². The maximum absolute atomic E-state index is 13.4. The standard InChI is InChI=1S/C27H36N5O9P/c1-2-3-14-40-27(35)32-12-10-31(11-13-32)26(34)22(18-42(36,37)38)29-25(33)21-16-23(41-20-9-15-39-17-20)30-24(28-21)19-7-5-4-6-8-19/h4-8,16,20,22H,2-3,9-15,17-18H2,1H3,(H,29,33)(H2,36,37,38)/t20-,22-/m0/s1. The highest BCUT2D eigenvalue weighted by Gasteiger charge is 2.35. The van der Waals surface area contributed by atoms with Crippen LogP contribution in [0.3, 0.4) is 0 Å². The van der Waals surface area contributed by atoms with Crippen molar-refractivity contribution >= 4 is 25.5 Å². The topological polar surface area (TPSA) is 181 Å². The van der Waals surface area contributed by atoms with E-state index in [1.165, 1.54) is 15.9 Å². The molecule has 15 heteroatoms. The molecule has 2 saturated heterocycles. The minimum atomic E-state index is -4.72. The fraction of sp³-hybridized carbons (Fsp3) is 0.519. The van der Waals surface area contributed by atoms with Gasteiger partial charge >= 0.3 is 13.7 Å². The summed E-state index contributed by atoms with van der Waals surface area (Å²) < 4.78 is 28.4. The van der Waals surface area contributed by atoms with Gasteiger partial charge in [0.05, 0.1) is 26.0 Å². The van der Waals surface area contributed by atoms with Crippen LogP contribution in [0.25, 0.3) is 11.4 Å². The summed E-state index contributed by atoms with van der Waals surface area (Å²) >= 11 is 0. The van der Waals surface area contributed by atoms with Gasteiger partial charge in [-0.25, -0.2) is 9.78 Å². The number of nitrogens with one attached hydrogen (secondary N) is 1. The molecule has 0 unspecified atom stereocenters. The number of piperazine rings is 1. The van der Waals surface area contributed by atoms with Crippen molar-refractivity contribution in [1.29, 1.82) is 0 Å². The van der Waals surface area contributed by atoms with Crippen molar-refractivity contribution < 1.29 is 42.9 Å². The summed E-state index contributed by atoms with van der Waals surface area (Å²) in [6, 6.07) is 8.71. The quantitative estimate of drug-likeness (QED) is 0.250. The first-order chi connectivity index (χ1) is 20.1. The number of ether oxygens (including phenoxy) is 3. The number of carbonyl (C=O) groups is 3. The summed E-state index contributed by atoms with van der Waals surface area (Å²) in [5, 5.41) is 2.46. The van der Waals surface area contributed by atoms with Crippen molar-refractivity contribution in [2.75, 3.05) is 52.2 Å². The first kappa shape index (κ1) is 31.4. The van der Waals surface area contributed by atoms with Crippen molar-refractivity contribution in [3.63, 3.8) is 0 Å². The molecule has 0 saturated carbocycles. The molecule has 4 rings (SSSR count). The number of nitrogens with zero attached hydrogens (tertiary/aromatic N) is 4. The molecule has 1 aromatic carbocycles. The van der Waals surface area contributed by atoms with Gasteiger partial charge in [-0.05, 0) is 6.42 Å². The smallest absolute Gasteiger partial charge is 0.409 e. The molecule has 42 heavy (non-hydrogen) atoms. The number of benzene rings is 1. The van der Waals surface area contributed by atoms with Crippen LogP contribution in [0.4, 0.5) is 4.79 Å². The number of rotatable bonds is 11. The largest absolute Gasteiger partial charge is 0.472 e. The van der Waals surface area contributed by atoms with Crippen LogP contribution in [0.1, 0.15) is 36.7 Å². The fourth-order valence-electron chi connectivity index (χ4n) is 4.47. The van der Waals surface area contributed by atoms with Gasteiger partial charge in [0.25, 0.3) is 5.91 Å². The van der Waals surface area contributed by atoms with Gasteiger partial charge in [0.15, 0.2) is 5.82 Å². The summed E-state index contributed by atoms with van der Waals surface area (Å²) in [7, 11) is -4.72. The maximum Gasteiger partial charge on any atom is 0.409 e. The Balaban J connectivity index is 1.49. The zero-order valence-electron chi connectivity index (χ0n) is 23.4. The van der Waals surface area contributed by atoms with E-state index in [4.69, 9.17) is 14.2 Å². The lowest BCUT2D eigenvalue weighted by Crippen LogP contribution is -2.56. The van der Waals surface area contributed by atoms with Gasteiger partial charge < -0.3 is 39.1 Å². The lowest BCUT2D eigenvalue weighted by molar-refractivity contribution is -0.134. The average molecular weight is 606 g/mol. The number of amides is 3. The van der Waals surface area contributed by atoms with Gasteiger partial charge in [-0.1, -0.05) is 43.7 Å². The molecule has 0 bridgehead atoms. The second-order valence-electron chi connectivity index (χ2n) is 10.0. The molecule has 2 aromatic rings. The van der Waals surface area contributed by atoms with E-state index in [9.17, 15) is 28.7 Å². The normalized spacial score (nSPS) is 17.9. The predicted octanol–water partition coefficient (Wildman–Crippen LogP) is 1.67. The highest BCUT2D eigenvalue weighted by molar-refractivity contribution is 7.51. The molecule has 2 aliphatic heterocycles. The Morgan fingerprint density at radius 3 is 2.48 bits per heavy atom. The summed E-state index contributed by atoms with van der Waals surface area (Å²) in [6.45, 7) is 3.79. The van der Waals surface area contributed by atoms with Crippen LogP contribution in [0.5, 0.6) is 5.88 Å². The van der Waals surface area contributed by atoms with Crippen LogP contribution in [0.2, 0.25) is 0 Å². The Labute approximate surface area is 243 Å². The monoisotopic (exact) mass is 605 g/mol. The van der Waals surface area contributed by atoms with Gasteiger partial charge in [0.1, 0.15) is 17.8 Å². The lowest BCUT2D eigenvalue weighted by Gasteiger charge is -2.36. The molecule has 2 atom stereocenters. The molecule has 1 aromatic heterocycles. The molecule has 2 fully saturated rings. The second kappa shape index (κ2) is 14.5. The van der Waals surface area contributed by atoms with Crippen LogP contribution in [0.15, 0.2) is 36.4 Å². The maximum atomic E-state index is 13.4. The van der Waals surface area contributed by atoms with Gasteiger partial charge in [0, 0.05) is 44.2 Å². The number of hydrogen-bond donors (Lipinski definition) is 3. The predicted molar refractivity (Wildman–Crippen MR) is 150 cm³/mol. The highest BCUT2D eigenvalue weighted by Crippen LogP contribution is 2.35. The third-order valence-electron chi connectivity index (χ3n) is 6.74. The fourth-order valence-corrected chi connectivity index (χ4v) is 5.20. The first-order valence-electron chi connectivity index (χ1n) is 13.9. The molecule has 0 aliphatic carbocycles. The Bertz CT molecular complexity index is 1280. The molecule has 228 valence electrons. The molecule has 3 heterocycles. The molecular weight excluding hydrogens is 569 g/mol. The summed E-state index contributed by atoms with van der Waals surface area (Å²) in [5.41, 5.74) is 0.481. The molecule has 2 aliphatic rings. The van der Waals surface area contributed by atoms with Gasteiger partial charge in [-0.15, -0.1) is 0 Å². The van der Waals surface area contributed by atoms with Crippen LogP contribution >= 0.6 is 7.60 Å². The second-order valence-corrected chi connectivity index (χ2v) is 11.7. The lowest BCUT2D eigenvalue weighted by atomic mass is 10.2. The Morgan fingerprint density at radius 1 is 1.12 bits per heavy atom. The van der Waals surface area contributed by atoms with E-state index in [0.29, 0.717) is 31.8 Å². The zero-order valence-corrected chi connectivity index (χ0v) is 24.3. The molecule has 3 N–H and O–H groups in total. The summed E-state index contributed by atoms with van der Waals surface area (Å²) in [6.07, 6.45) is 0.636. The van der Waals surface area contributed by atoms with Gasteiger partial charge in [-0.2, -0.15) is 4.98 Å². The first-order valence-corrected chi connectivity index (χ1v) is 15.7. The molecule has 14 nitrogen and oxygen atoms in total. The molecule has 3 amide bonds. The van der Waals surface area contributed by atoms with Crippen molar-refractivity contribution in [2.45, 2.75) is 38.3 Å². The Morgan fingerprint density at radius 2 is 1.83 bits per heavy atom. The SMILES string of the molecule is CCCCOC(=O)N1CCN(C(=O)[C@H](CP(=O)(O)O)NC(=O)c2cc(O[C@H]3CCOC3)nc(-c3ccccc3)n2)CC1. The zero-order chi connectivity index (χ0) is 30.1. The number of aromatic nitrogens is 2. The van der Waals surface area contributed by atoms with Gasteiger partial charge in [0.2, 0.25) is 11.8 Å². The van der Waals surface area contributed by atoms with E-state index in [2.05, 4.69) is 15.3 Å². The Kier molecular flexibility index (Phi) is 10.9. The molecule has 0 radical (unpaired) electrons. The number of unbranched alkanes of at least 4 members (excludes halogenated alkanes) is 1. The van der Waals surface area contributed by atoms with E-state index in [0.717, 1.165) is 12.8 Å². The average Bonchev–Trinajstić information content (AvgIpc) is 3.49. The van der Waals surface area contributed by atoms with Crippen molar-refractivity contribution in [1.82, 2.24) is 25.1 Å². The van der Waals surface area contributed by atoms with E-state index in [1.807, 2.05) is 13.0 Å². The van der Waals surface area contributed by atoms with E-state index < -0.39 is 37.7 Å². The van der Waals surface area contributed by atoms with Crippen LogP contribution in [-0.4, -0.2) is 112 Å². The van der Waals surface area contributed by atoms with E-state index in [1.54, 1.807) is 24.3 Å². The van der Waals surface area contributed by atoms with E-state index in [-0.39, 0.29) is 49.7 Å². The van der Waals surface area contributed by atoms with Crippen LogP contribution in [0, 0.1) is 0 Å². The van der Waals surface area contributed by atoms with Crippen molar-refractivity contribution in [2.24, 2.45) is 0 Å². The van der Waals surface area contributed by atoms with Crippen molar-refractivity contribution in [3.05, 3.63) is 42.1 Å². The minimum absolute atomic E-state index is 0.113. The summed E-state index contributed by atoms with van der Waals surface area (Å²) in [4.78, 5) is 70.0. The van der Waals surface area contributed by atoms with Crippen LogP contribution < -0.4 is 10.1 Å². The van der Waals surface area contributed by atoms with Gasteiger partial charge in [-0.3, -0.25) is 14.2 Å². The molecular formula is C27H36N5O9P. The molecule has 0 spiro atoms. The number of carbonyl (C=O) groups excluding carboxylic acids is 3. The van der Waals surface area contributed by atoms with Crippen molar-refractivity contribution in [3.8, 4) is 17.3 Å². The Hall–Kier alpha value is -3.58. The number of hydrogen-bond acceptors (Lipinski definition) is 9. The third-order valence-corrected chi connectivity index (χ3v) is 7.58.